The van der Waals surface area contributed by atoms with Crippen LogP contribution in [0.3, 0.4) is 0 Å². The molecular weight excluding hydrogens is 725 g/mol. The Bertz CT molecular complexity index is 3340. The highest BCUT2D eigenvalue weighted by molar-refractivity contribution is 6.16. The van der Waals surface area contributed by atoms with Crippen molar-refractivity contribution in [2.45, 2.75) is 18.4 Å². The Morgan fingerprint density at radius 1 is 0.517 bits per heavy atom. The van der Waals surface area contributed by atoms with Gasteiger partial charge in [0.1, 0.15) is 0 Å². The van der Waals surface area contributed by atoms with Gasteiger partial charge in [0.05, 0.1) is 17.7 Å². The standard InChI is InChI=1S/C58H42N2/c1-38-35-52-47-21-8-7-19-45(47)44-18-5-6-20-46(44)48(52)33-34-58(53-24-12-9-17-43(38)53)54-25-13-10-22-49(54)50-32-27-39(36-55(50)58)37-60-57(51-23-11-14-26-56(51)59)42-30-28-41(29-31-42)40-15-3-2-4-16-40/h2-33,35-36H,1,34,37,59H2/b48-33-,52-35-,60-57?. The number of benzene rings is 9. The van der Waals surface area contributed by atoms with E-state index >= 15 is 0 Å². The maximum Gasteiger partial charge on any atom is 0.0743 e. The molecule has 284 valence electrons. The first-order valence-corrected chi connectivity index (χ1v) is 20.8. The normalized spacial score (nSPS) is 16.7. The van der Waals surface area contributed by atoms with Crippen molar-refractivity contribution in [1.82, 2.24) is 0 Å². The van der Waals surface area contributed by atoms with Crippen molar-refractivity contribution in [3.05, 3.63) is 250 Å². The summed E-state index contributed by atoms with van der Waals surface area (Å²) in [5.74, 6) is 0. The van der Waals surface area contributed by atoms with Crippen LogP contribution in [-0.4, -0.2) is 5.71 Å². The summed E-state index contributed by atoms with van der Waals surface area (Å²) in [6, 6.07) is 69.9. The Hall–Kier alpha value is -7.55. The lowest BCUT2D eigenvalue weighted by Crippen LogP contribution is -2.30. The van der Waals surface area contributed by atoms with Crippen LogP contribution in [0, 0.1) is 0 Å². The highest BCUT2D eigenvalue weighted by Crippen LogP contribution is 2.56. The summed E-state index contributed by atoms with van der Waals surface area (Å²) >= 11 is 0. The Morgan fingerprint density at radius 2 is 1.08 bits per heavy atom. The molecule has 1 spiro atoms. The second kappa shape index (κ2) is 14.4. The van der Waals surface area contributed by atoms with E-state index in [0.717, 1.165) is 34.4 Å². The van der Waals surface area contributed by atoms with Gasteiger partial charge in [-0.05, 0) is 106 Å². The van der Waals surface area contributed by atoms with Gasteiger partial charge in [-0.15, -0.1) is 0 Å². The molecule has 0 aliphatic heterocycles. The van der Waals surface area contributed by atoms with Gasteiger partial charge < -0.3 is 5.73 Å². The molecule has 60 heavy (non-hydrogen) atoms. The summed E-state index contributed by atoms with van der Waals surface area (Å²) in [7, 11) is 0. The summed E-state index contributed by atoms with van der Waals surface area (Å²) in [6.45, 7) is 5.30. The van der Waals surface area contributed by atoms with Crippen molar-refractivity contribution < 1.29 is 0 Å². The Kier molecular flexibility index (Phi) is 8.53. The molecule has 2 heteroatoms. The number of nitrogens with two attached hydrogens (primary N) is 1. The second-order valence-electron chi connectivity index (χ2n) is 16.1. The lowest BCUT2D eigenvalue weighted by atomic mass is 9.68. The maximum absolute atomic E-state index is 6.67. The molecule has 0 aromatic heterocycles. The number of anilines is 1. The van der Waals surface area contributed by atoms with Crippen molar-refractivity contribution in [2.75, 3.05) is 5.73 Å². The molecule has 0 saturated heterocycles. The zero-order valence-electron chi connectivity index (χ0n) is 33.3. The van der Waals surface area contributed by atoms with E-state index in [2.05, 4.69) is 182 Å². The van der Waals surface area contributed by atoms with Crippen LogP contribution in [0.15, 0.2) is 206 Å². The predicted molar refractivity (Wildman–Crippen MR) is 254 cm³/mol. The molecule has 0 amide bonds. The smallest absolute Gasteiger partial charge is 0.0743 e. The summed E-state index contributed by atoms with van der Waals surface area (Å²) in [5.41, 5.74) is 21.9. The van der Waals surface area contributed by atoms with E-state index in [1.807, 2.05) is 24.3 Å². The van der Waals surface area contributed by atoms with E-state index in [0.29, 0.717) is 12.2 Å². The van der Waals surface area contributed by atoms with Gasteiger partial charge in [0, 0.05) is 16.8 Å². The minimum absolute atomic E-state index is 0.479. The fourth-order valence-corrected chi connectivity index (χ4v) is 10.0. The third-order valence-corrected chi connectivity index (χ3v) is 12.8. The number of hydrogen-bond acceptors (Lipinski definition) is 2. The second-order valence-corrected chi connectivity index (χ2v) is 16.1. The van der Waals surface area contributed by atoms with Crippen molar-refractivity contribution in [2.24, 2.45) is 4.99 Å². The van der Waals surface area contributed by atoms with Crippen LogP contribution in [0.4, 0.5) is 5.69 Å². The number of allylic oxidation sites excluding steroid dienone is 1. The summed E-state index contributed by atoms with van der Waals surface area (Å²) < 4.78 is 0. The zero-order valence-corrected chi connectivity index (χ0v) is 33.3. The fraction of sp³-hybridized carbons (Fsp3) is 0.0517. The van der Waals surface area contributed by atoms with Crippen LogP contribution in [0.1, 0.15) is 45.4 Å². The molecule has 2 aliphatic carbocycles. The Labute approximate surface area is 350 Å². The first kappa shape index (κ1) is 35.6. The van der Waals surface area contributed by atoms with Gasteiger partial charge in [-0.1, -0.05) is 201 Å². The molecule has 2 nitrogen and oxygen atoms in total. The number of nitrogen functional groups attached to an aromatic ring is 1. The number of fused-ring (bicyclic) bond motifs is 13. The Balaban J connectivity index is 1.11. The third kappa shape index (κ3) is 5.67. The molecule has 9 aromatic rings. The molecule has 0 fully saturated rings. The largest absolute Gasteiger partial charge is 0.398 e. The first-order valence-electron chi connectivity index (χ1n) is 20.8. The fourth-order valence-electron chi connectivity index (χ4n) is 10.0. The highest BCUT2D eigenvalue weighted by Gasteiger charge is 2.45. The summed E-state index contributed by atoms with van der Waals surface area (Å²) in [5, 5.41) is 7.51. The van der Waals surface area contributed by atoms with E-state index < -0.39 is 5.41 Å². The molecule has 0 radical (unpaired) electrons. The van der Waals surface area contributed by atoms with E-state index in [9.17, 15) is 0 Å². The molecule has 0 saturated carbocycles. The van der Waals surface area contributed by atoms with Crippen molar-refractivity contribution in [1.29, 1.82) is 0 Å². The number of rotatable bonds is 5. The SMILES string of the molecule is C=C1/C=c2\c(c3ccccc3c3ccccc23)=C/CC2(c3ccccc31)c1ccccc1-c1ccc(CN=C(c3ccc(-c4ccccc4)cc3)c3ccccc3N)cc12. The molecule has 0 bridgehead atoms. The molecule has 11 rings (SSSR count). The van der Waals surface area contributed by atoms with Gasteiger partial charge in [-0.3, -0.25) is 4.99 Å². The maximum atomic E-state index is 6.67. The number of para-hydroxylation sites is 1. The van der Waals surface area contributed by atoms with Crippen molar-refractivity contribution in [3.8, 4) is 22.3 Å². The van der Waals surface area contributed by atoms with Crippen LogP contribution in [0.2, 0.25) is 0 Å². The van der Waals surface area contributed by atoms with E-state index in [-0.39, 0.29) is 0 Å². The minimum atomic E-state index is -0.479. The van der Waals surface area contributed by atoms with Crippen LogP contribution in [0.25, 0.3) is 61.5 Å². The predicted octanol–water partition coefficient (Wildman–Crippen LogP) is 12.3. The lowest BCUT2D eigenvalue weighted by molar-refractivity contribution is 0.659. The van der Waals surface area contributed by atoms with Crippen LogP contribution in [0.5, 0.6) is 0 Å². The van der Waals surface area contributed by atoms with Gasteiger partial charge in [0.2, 0.25) is 0 Å². The van der Waals surface area contributed by atoms with Crippen LogP contribution < -0.4 is 16.2 Å². The molecule has 1 atom stereocenters. The van der Waals surface area contributed by atoms with Crippen molar-refractivity contribution >= 4 is 50.7 Å². The Morgan fingerprint density at radius 3 is 1.82 bits per heavy atom. The van der Waals surface area contributed by atoms with Gasteiger partial charge in [0.15, 0.2) is 0 Å². The third-order valence-electron chi connectivity index (χ3n) is 12.8. The average molecular weight is 767 g/mol. The first-order chi connectivity index (χ1) is 29.6. The lowest BCUT2D eigenvalue weighted by Gasteiger charge is -2.34. The van der Waals surface area contributed by atoms with Gasteiger partial charge >= 0.3 is 0 Å². The summed E-state index contributed by atoms with van der Waals surface area (Å²) in [4.78, 5) is 5.41. The zero-order chi connectivity index (χ0) is 40.2. The molecule has 0 heterocycles. The molecule has 9 aromatic carbocycles. The quantitative estimate of drug-likeness (QED) is 0.106. The number of aliphatic imine (C=N–C) groups is 1. The van der Waals surface area contributed by atoms with E-state index in [1.165, 1.54) is 76.5 Å². The highest BCUT2D eigenvalue weighted by atomic mass is 14.7. The van der Waals surface area contributed by atoms with Crippen LogP contribution in [-0.2, 0) is 12.0 Å². The van der Waals surface area contributed by atoms with E-state index in [4.69, 9.17) is 17.3 Å². The van der Waals surface area contributed by atoms with Gasteiger partial charge in [-0.2, -0.15) is 0 Å². The molecule has 2 aliphatic rings. The van der Waals surface area contributed by atoms with Gasteiger partial charge in [-0.25, -0.2) is 0 Å². The van der Waals surface area contributed by atoms with Gasteiger partial charge in [0.25, 0.3) is 0 Å². The monoisotopic (exact) mass is 766 g/mol. The molecular formula is C58H42N2. The molecule has 1 unspecified atom stereocenters. The van der Waals surface area contributed by atoms with Crippen LogP contribution >= 0.6 is 0 Å². The minimum Gasteiger partial charge on any atom is -0.398 e. The van der Waals surface area contributed by atoms with Crippen molar-refractivity contribution in [3.63, 3.8) is 0 Å². The summed E-state index contributed by atoms with van der Waals surface area (Å²) in [6.07, 6.45) is 5.62. The molecule has 2 N–H and O–H groups in total. The number of hydrogen-bond donors (Lipinski definition) is 1. The van der Waals surface area contributed by atoms with E-state index in [1.54, 1.807) is 0 Å². The number of nitrogens with zero attached hydrogens (tertiary/aromatic N) is 1. The average Bonchev–Trinajstić information content (AvgIpc) is 3.61. The topological polar surface area (TPSA) is 38.4 Å².